The van der Waals surface area contributed by atoms with Crippen molar-refractivity contribution in [2.45, 2.75) is 37.9 Å². The lowest BCUT2D eigenvalue weighted by molar-refractivity contribution is 0.298. The van der Waals surface area contributed by atoms with Gasteiger partial charge in [0.25, 0.3) is 0 Å². The number of nitrogens with zero attached hydrogens (tertiary/aromatic N) is 1. The Balaban J connectivity index is 1.59. The highest BCUT2D eigenvalue weighted by molar-refractivity contribution is 6.30. The van der Waals surface area contributed by atoms with Crippen molar-refractivity contribution in [3.05, 3.63) is 34.6 Å². The molecule has 98 valence electrons. The molecule has 2 atom stereocenters. The average molecular weight is 269 g/mol. The van der Waals surface area contributed by atoms with Gasteiger partial charge in [-0.3, -0.25) is 4.90 Å². The average Bonchev–Trinajstić information content (AvgIpc) is 2.94. The Morgan fingerprint density at radius 3 is 3.06 bits per heavy atom. The maximum Gasteiger partial charge on any atom is 0.141 e. The number of rotatable bonds is 3. The second kappa shape index (κ2) is 5.16. The second-order valence-corrected chi connectivity index (χ2v) is 5.68. The smallest absolute Gasteiger partial charge is 0.141 e. The molecule has 4 heteroatoms. The van der Waals surface area contributed by atoms with Crippen molar-refractivity contribution in [2.24, 2.45) is 0 Å². The van der Waals surface area contributed by atoms with Crippen LogP contribution in [0.5, 0.6) is 0 Å². The normalized spacial score (nSPS) is 27.7. The summed E-state index contributed by atoms with van der Waals surface area (Å²) >= 11 is 5.79. The Morgan fingerprint density at radius 1 is 1.33 bits per heavy atom. The SMILES string of the molecule is Fc1ccc(CNC2CCN3CCCC23)cc1Cl. The van der Waals surface area contributed by atoms with Gasteiger partial charge in [0.15, 0.2) is 0 Å². The Bertz CT molecular complexity index is 438. The van der Waals surface area contributed by atoms with Crippen LogP contribution in [0.15, 0.2) is 18.2 Å². The van der Waals surface area contributed by atoms with E-state index in [-0.39, 0.29) is 10.8 Å². The summed E-state index contributed by atoms with van der Waals surface area (Å²) < 4.78 is 13.1. The fourth-order valence-electron chi connectivity index (χ4n) is 3.22. The second-order valence-electron chi connectivity index (χ2n) is 5.27. The summed E-state index contributed by atoms with van der Waals surface area (Å²) in [5, 5.41) is 3.80. The molecule has 18 heavy (non-hydrogen) atoms. The van der Waals surface area contributed by atoms with Crippen molar-refractivity contribution in [1.29, 1.82) is 0 Å². The molecule has 2 aliphatic rings. The molecular weight excluding hydrogens is 251 g/mol. The third-order valence-electron chi connectivity index (χ3n) is 4.16. The number of halogens is 2. The van der Waals surface area contributed by atoms with E-state index in [0.717, 1.165) is 12.1 Å². The third-order valence-corrected chi connectivity index (χ3v) is 4.45. The van der Waals surface area contributed by atoms with Gasteiger partial charge in [0.05, 0.1) is 5.02 Å². The molecule has 1 aromatic carbocycles. The van der Waals surface area contributed by atoms with Crippen molar-refractivity contribution in [2.75, 3.05) is 13.1 Å². The molecule has 2 saturated heterocycles. The summed E-state index contributed by atoms with van der Waals surface area (Å²) in [7, 11) is 0. The van der Waals surface area contributed by atoms with Crippen molar-refractivity contribution in [1.82, 2.24) is 10.2 Å². The van der Waals surface area contributed by atoms with Crippen molar-refractivity contribution < 1.29 is 4.39 Å². The highest BCUT2D eigenvalue weighted by Gasteiger charge is 2.36. The Labute approximate surface area is 112 Å². The molecule has 0 saturated carbocycles. The number of fused-ring (bicyclic) bond motifs is 1. The van der Waals surface area contributed by atoms with Crippen LogP contribution in [-0.2, 0) is 6.54 Å². The summed E-state index contributed by atoms with van der Waals surface area (Å²) in [6.45, 7) is 3.24. The van der Waals surface area contributed by atoms with Crippen molar-refractivity contribution in [3.63, 3.8) is 0 Å². The van der Waals surface area contributed by atoms with Crippen LogP contribution in [0.4, 0.5) is 4.39 Å². The molecule has 3 rings (SSSR count). The standard InChI is InChI=1S/C14H18ClFN2/c15-11-8-10(3-4-12(11)16)9-17-13-5-7-18-6-1-2-14(13)18/h3-4,8,13-14,17H,1-2,5-7,9H2. The summed E-state index contributed by atoms with van der Waals surface area (Å²) in [4.78, 5) is 2.58. The van der Waals surface area contributed by atoms with Crippen LogP contribution < -0.4 is 5.32 Å². The highest BCUT2D eigenvalue weighted by Crippen LogP contribution is 2.28. The Morgan fingerprint density at radius 2 is 2.22 bits per heavy atom. The van der Waals surface area contributed by atoms with Gasteiger partial charge in [-0.15, -0.1) is 0 Å². The van der Waals surface area contributed by atoms with Gasteiger partial charge in [-0.1, -0.05) is 17.7 Å². The zero-order chi connectivity index (χ0) is 12.5. The van der Waals surface area contributed by atoms with Gasteiger partial charge in [-0.25, -0.2) is 4.39 Å². The molecule has 0 aliphatic carbocycles. The molecule has 2 fully saturated rings. The molecular formula is C14H18ClFN2. The quantitative estimate of drug-likeness (QED) is 0.907. The van der Waals surface area contributed by atoms with E-state index < -0.39 is 0 Å². The first kappa shape index (κ1) is 12.4. The number of nitrogens with one attached hydrogen (secondary N) is 1. The van der Waals surface area contributed by atoms with Gasteiger partial charge in [0.1, 0.15) is 5.82 Å². The lowest BCUT2D eigenvalue weighted by atomic mass is 10.1. The molecule has 2 aliphatic heterocycles. The summed E-state index contributed by atoms with van der Waals surface area (Å²) in [6.07, 6.45) is 3.85. The first-order valence-corrected chi connectivity index (χ1v) is 7.03. The monoisotopic (exact) mass is 268 g/mol. The van der Waals surface area contributed by atoms with Crippen LogP contribution in [0.3, 0.4) is 0 Å². The predicted molar refractivity (Wildman–Crippen MR) is 71.2 cm³/mol. The zero-order valence-electron chi connectivity index (χ0n) is 10.3. The maximum absolute atomic E-state index is 13.1. The zero-order valence-corrected chi connectivity index (χ0v) is 11.1. The van der Waals surface area contributed by atoms with Crippen LogP contribution in [0, 0.1) is 5.82 Å². The van der Waals surface area contributed by atoms with Crippen LogP contribution in [0.25, 0.3) is 0 Å². The molecule has 0 radical (unpaired) electrons. The van der Waals surface area contributed by atoms with E-state index in [1.165, 1.54) is 38.4 Å². The van der Waals surface area contributed by atoms with Crippen LogP contribution in [0.1, 0.15) is 24.8 Å². The molecule has 2 nitrogen and oxygen atoms in total. The minimum absolute atomic E-state index is 0.211. The summed E-state index contributed by atoms with van der Waals surface area (Å²) in [6, 6.07) is 6.24. The molecule has 2 unspecified atom stereocenters. The minimum atomic E-state index is -0.344. The van der Waals surface area contributed by atoms with Gasteiger partial charge in [0.2, 0.25) is 0 Å². The first-order chi connectivity index (χ1) is 8.74. The van der Waals surface area contributed by atoms with E-state index in [2.05, 4.69) is 10.2 Å². The highest BCUT2D eigenvalue weighted by atomic mass is 35.5. The van der Waals surface area contributed by atoms with E-state index in [4.69, 9.17) is 11.6 Å². The largest absolute Gasteiger partial charge is 0.308 e. The van der Waals surface area contributed by atoms with E-state index in [1.807, 2.05) is 0 Å². The van der Waals surface area contributed by atoms with Crippen molar-refractivity contribution in [3.8, 4) is 0 Å². The molecule has 1 aromatic rings. The summed E-state index contributed by atoms with van der Waals surface area (Å²) in [5.41, 5.74) is 1.05. The Kier molecular flexibility index (Phi) is 3.55. The van der Waals surface area contributed by atoms with E-state index >= 15 is 0 Å². The molecule has 0 bridgehead atoms. The maximum atomic E-state index is 13.1. The van der Waals surface area contributed by atoms with Crippen LogP contribution in [-0.4, -0.2) is 30.1 Å². The van der Waals surface area contributed by atoms with E-state index in [0.29, 0.717) is 12.1 Å². The molecule has 1 N–H and O–H groups in total. The topological polar surface area (TPSA) is 15.3 Å². The molecule has 0 amide bonds. The van der Waals surface area contributed by atoms with Gasteiger partial charge in [-0.05, 0) is 43.5 Å². The van der Waals surface area contributed by atoms with E-state index in [9.17, 15) is 4.39 Å². The van der Waals surface area contributed by atoms with E-state index in [1.54, 1.807) is 12.1 Å². The number of benzene rings is 1. The molecule has 0 spiro atoms. The number of hydrogen-bond acceptors (Lipinski definition) is 2. The molecule has 0 aromatic heterocycles. The van der Waals surface area contributed by atoms with Crippen molar-refractivity contribution >= 4 is 11.6 Å². The fourth-order valence-corrected chi connectivity index (χ4v) is 3.42. The summed E-state index contributed by atoms with van der Waals surface area (Å²) in [5.74, 6) is -0.344. The Hall–Kier alpha value is -0.640. The fraction of sp³-hybridized carbons (Fsp3) is 0.571. The lowest BCUT2D eigenvalue weighted by Crippen LogP contribution is -2.38. The lowest BCUT2D eigenvalue weighted by Gasteiger charge is -2.21. The van der Waals surface area contributed by atoms with Gasteiger partial charge >= 0.3 is 0 Å². The van der Waals surface area contributed by atoms with Gasteiger partial charge < -0.3 is 5.32 Å². The van der Waals surface area contributed by atoms with Gasteiger partial charge in [-0.2, -0.15) is 0 Å². The van der Waals surface area contributed by atoms with Gasteiger partial charge in [0, 0.05) is 25.2 Å². The third kappa shape index (κ3) is 2.40. The minimum Gasteiger partial charge on any atom is -0.308 e. The number of hydrogen-bond donors (Lipinski definition) is 1. The first-order valence-electron chi connectivity index (χ1n) is 6.65. The van der Waals surface area contributed by atoms with Crippen LogP contribution in [0.2, 0.25) is 5.02 Å². The molecule has 2 heterocycles. The van der Waals surface area contributed by atoms with Crippen LogP contribution >= 0.6 is 11.6 Å². The predicted octanol–water partition coefficient (Wildman–Crippen LogP) is 2.81.